The summed E-state index contributed by atoms with van der Waals surface area (Å²) in [7, 11) is 1.67. The molecule has 7 rings (SSSR count). The molecular formula is C35H35N3O4. The van der Waals surface area contributed by atoms with Gasteiger partial charge in [-0.1, -0.05) is 60.7 Å². The molecule has 42 heavy (non-hydrogen) atoms. The van der Waals surface area contributed by atoms with E-state index in [2.05, 4.69) is 58.9 Å². The van der Waals surface area contributed by atoms with E-state index in [1.807, 2.05) is 42.5 Å². The highest BCUT2D eigenvalue weighted by atomic mass is 16.5. The summed E-state index contributed by atoms with van der Waals surface area (Å²) < 4.78 is 26.9. The Balaban J connectivity index is 1.35. The maximum absolute atomic E-state index is 6.56. The van der Waals surface area contributed by atoms with Crippen LogP contribution in [0.15, 0.2) is 84.9 Å². The van der Waals surface area contributed by atoms with Crippen molar-refractivity contribution in [2.45, 2.75) is 32.6 Å². The van der Waals surface area contributed by atoms with Gasteiger partial charge in [-0.15, -0.1) is 0 Å². The Morgan fingerprint density at radius 1 is 0.833 bits per heavy atom. The van der Waals surface area contributed by atoms with E-state index in [0.717, 1.165) is 52.2 Å². The van der Waals surface area contributed by atoms with Crippen LogP contribution in [0, 0.1) is 6.92 Å². The topological polar surface area (TPSA) is 58.0 Å². The molecule has 0 amide bonds. The van der Waals surface area contributed by atoms with E-state index < -0.39 is 0 Å². The van der Waals surface area contributed by atoms with E-state index in [1.54, 1.807) is 7.11 Å². The van der Waals surface area contributed by atoms with Crippen LogP contribution in [0.25, 0.3) is 22.4 Å². The molecule has 0 N–H and O–H groups in total. The average molecular weight is 562 g/mol. The number of aromatic nitrogens is 2. The highest BCUT2D eigenvalue weighted by molar-refractivity contribution is 5.86. The van der Waals surface area contributed by atoms with E-state index >= 15 is 0 Å². The lowest BCUT2D eigenvalue weighted by molar-refractivity contribution is -0.0209. The Bertz CT molecular complexity index is 1690. The SMILES string of the molecule is COc1cc(-c2nc3cc(N4CCC4)ccc3n2C2COC2)c(C)c(OCc2ccccc2)c1OCc1ccccc1. The summed E-state index contributed by atoms with van der Waals surface area (Å²) in [5.41, 5.74) is 7.37. The van der Waals surface area contributed by atoms with Gasteiger partial charge in [-0.05, 0) is 48.7 Å². The first-order valence-corrected chi connectivity index (χ1v) is 14.6. The van der Waals surface area contributed by atoms with Crippen LogP contribution in [-0.2, 0) is 18.0 Å². The molecule has 3 heterocycles. The minimum atomic E-state index is 0.216. The van der Waals surface area contributed by atoms with Crippen LogP contribution in [-0.4, -0.2) is 43.0 Å². The van der Waals surface area contributed by atoms with Gasteiger partial charge in [-0.25, -0.2) is 4.98 Å². The zero-order valence-electron chi connectivity index (χ0n) is 24.1. The number of hydrogen-bond acceptors (Lipinski definition) is 6. The third-order valence-electron chi connectivity index (χ3n) is 8.24. The number of rotatable bonds is 10. The number of anilines is 1. The van der Waals surface area contributed by atoms with Crippen LogP contribution in [0.3, 0.4) is 0 Å². The Labute approximate surface area is 246 Å². The lowest BCUT2D eigenvalue weighted by Gasteiger charge is -2.33. The van der Waals surface area contributed by atoms with Gasteiger partial charge in [0.05, 0.1) is 37.4 Å². The van der Waals surface area contributed by atoms with E-state index in [0.29, 0.717) is 43.7 Å². The minimum Gasteiger partial charge on any atom is -0.493 e. The summed E-state index contributed by atoms with van der Waals surface area (Å²) in [6.07, 6.45) is 1.24. The standard InChI is InChI=1S/C35H35N3O4/c1-24-29(35-36-30-18-27(37-16-9-17-37)14-15-31(30)38(35)28-22-40-23-28)19-32(39-2)34(42-21-26-12-7-4-8-13-26)33(24)41-20-25-10-5-3-6-11-25/h3-8,10-15,18-19,28H,9,16-17,20-23H2,1-2H3. The van der Waals surface area contributed by atoms with E-state index in [1.165, 1.54) is 12.1 Å². The third kappa shape index (κ3) is 4.94. The van der Waals surface area contributed by atoms with E-state index in [-0.39, 0.29) is 6.04 Å². The zero-order valence-corrected chi connectivity index (χ0v) is 24.1. The summed E-state index contributed by atoms with van der Waals surface area (Å²) in [6.45, 7) is 6.40. The molecule has 2 fully saturated rings. The Hall–Kier alpha value is -4.49. The maximum atomic E-state index is 6.56. The van der Waals surface area contributed by atoms with Gasteiger partial charge in [0.2, 0.25) is 5.75 Å². The van der Waals surface area contributed by atoms with Crippen molar-refractivity contribution in [3.63, 3.8) is 0 Å². The number of nitrogens with zero attached hydrogens (tertiary/aromatic N) is 3. The molecule has 4 aromatic carbocycles. The van der Waals surface area contributed by atoms with Crippen molar-refractivity contribution in [1.82, 2.24) is 9.55 Å². The molecule has 2 aliphatic rings. The van der Waals surface area contributed by atoms with Crippen LogP contribution in [0.1, 0.15) is 29.2 Å². The van der Waals surface area contributed by atoms with Gasteiger partial charge >= 0.3 is 0 Å². The van der Waals surface area contributed by atoms with Gasteiger partial charge in [0, 0.05) is 29.9 Å². The molecule has 0 bridgehead atoms. The fourth-order valence-electron chi connectivity index (χ4n) is 5.65. The van der Waals surface area contributed by atoms with Crippen molar-refractivity contribution in [3.05, 3.63) is 102 Å². The van der Waals surface area contributed by atoms with Gasteiger partial charge in [0.1, 0.15) is 19.0 Å². The number of ether oxygens (including phenoxy) is 4. The zero-order chi connectivity index (χ0) is 28.5. The molecule has 5 aromatic rings. The largest absolute Gasteiger partial charge is 0.493 e. The minimum absolute atomic E-state index is 0.216. The number of imidazole rings is 1. The molecular weight excluding hydrogens is 526 g/mol. The molecule has 214 valence electrons. The molecule has 0 spiro atoms. The molecule has 1 aromatic heterocycles. The first-order chi connectivity index (χ1) is 20.7. The molecule has 0 atom stereocenters. The van der Waals surface area contributed by atoms with Crippen molar-refractivity contribution in [1.29, 1.82) is 0 Å². The second kappa shape index (κ2) is 11.4. The molecule has 0 saturated carbocycles. The molecule has 0 radical (unpaired) electrons. The number of hydrogen-bond donors (Lipinski definition) is 0. The summed E-state index contributed by atoms with van der Waals surface area (Å²) in [5.74, 6) is 2.75. The van der Waals surface area contributed by atoms with Crippen LogP contribution >= 0.6 is 0 Å². The molecule has 0 unspecified atom stereocenters. The lowest BCUT2D eigenvalue weighted by atomic mass is 10.0. The second-order valence-electron chi connectivity index (χ2n) is 11.0. The van der Waals surface area contributed by atoms with Crippen LogP contribution in [0.5, 0.6) is 17.2 Å². The Kier molecular flexibility index (Phi) is 7.18. The monoisotopic (exact) mass is 561 g/mol. The second-order valence-corrected chi connectivity index (χ2v) is 11.0. The van der Waals surface area contributed by atoms with Gasteiger partial charge in [0.25, 0.3) is 0 Å². The molecule has 7 nitrogen and oxygen atoms in total. The van der Waals surface area contributed by atoms with Gasteiger partial charge in [-0.3, -0.25) is 0 Å². The summed E-state index contributed by atoms with van der Waals surface area (Å²) >= 11 is 0. The number of methoxy groups -OCH3 is 1. The predicted molar refractivity (Wildman–Crippen MR) is 165 cm³/mol. The fraction of sp³-hybridized carbons (Fsp3) is 0.286. The van der Waals surface area contributed by atoms with Crippen molar-refractivity contribution in [3.8, 4) is 28.6 Å². The summed E-state index contributed by atoms with van der Waals surface area (Å²) in [4.78, 5) is 7.63. The van der Waals surface area contributed by atoms with Crippen molar-refractivity contribution in [2.75, 3.05) is 38.3 Å². The van der Waals surface area contributed by atoms with Crippen LogP contribution in [0.2, 0.25) is 0 Å². The molecule has 2 aliphatic heterocycles. The van der Waals surface area contributed by atoms with E-state index in [4.69, 9.17) is 23.9 Å². The van der Waals surface area contributed by atoms with Gasteiger partial charge in [0.15, 0.2) is 11.5 Å². The average Bonchev–Trinajstić information content (AvgIpc) is 3.32. The van der Waals surface area contributed by atoms with Crippen LogP contribution < -0.4 is 19.1 Å². The first-order valence-electron chi connectivity index (χ1n) is 14.6. The summed E-state index contributed by atoms with van der Waals surface area (Å²) in [6, 6.07) is 29.2. The van der Waals surface area contributed by atoms with Crippen molar-refractivity contribution >= 4 is 16.7 Å². The van der Waals surface area contributed by atoms with Gasteiger partial charge < -0.3 is 28.4 Å². The third-order valence-corrected chi connectivity index (χ3v) is 8.24. The molecule has 0 aliphatic carbocycles. The molecule has 2 saturated heterocycles. The normalized spacial score (nSPS) is 14.9. The highest BCUT2D eigenvalue weighted by Gasteiger charge is 2.30. The van der Waals surface area contributed by atoms with Crippen molar-refractivity contribution < 1.29 is 18.9 Å². The number of benzene rings is 4. The number of fused-ring (bicyclic) bond motifs is 1. The Morgan fingerprint density at radius 3 is 2.07 bits per heavy atom. The van der Waals surface area contributed by atoms with Gasteiger partial charge in [-0.2, -0.15) is 0 Å². The Morgan fingerprint density at radius 2 is 1.50 bits per heavy atom. The smallest absolute Gasteiger partial charge is 0.204 e. The quantitative estimate of drug-likeness (QED) is 0.184. The predicted octanol–water partition coefficient (Wildman–Crippen LogP) is 6.96. The van der Waals surface area contributed by atoms with E-state index in [9.17, 15) is 0 Å². The summed E-state index contributed by atoms with van der Waals surface area (Å²) in [5, 5.41) is 0. The lowest BCUT2D eigenvalue weighted by Crippen LogP contribution is -2.36. The molecule has 7 heteroatoms. The first kappa shape index (κ1) is 26.4. The maximum Gasteiger partial charge on any atom is 0.204 e. The highest BCUT2D eigenvalue weighted by Crippen LogP contribution is 2.47. The van der Waals surface area contributed by atoms with Crippen molar-refractivity contribution in [2.24, 2.45) is 0 Å². The fourth-order valence-corrected chi connectivity index (χ4v) is 5.65. The van der Waals surface area contributed by atoms with Crippen LogP contribution in [0.4, 0.5) is 5.69 Å².